The van der Waals surface area contributed by atoms with Gasteiger partial charge in [0.2, 0.25) is 0 Å². The van der Waals surface area contributed by atoms with Gasteiger partial charge in [0, 0.05) is 44.0 Å². The number of carbonyl (C=O) groups excluding carboxylic acids is 1. The summed E-state index contributed by atoms with van der Waals surface area (Å²) in [5.74, 6) is 0.736. The van der Waals surface area contributed by atoms with Crippen molar-refractivity contribution >= 4 is 47.4 Å². The van der Waals surface area contributed by atoms with E-state index in [0.717, 1.165) is 42.5 Å². The Kier molecular flexibility index (Phi) is 9.96. The molecule has 2 rings (SSSR count). The quantitative estimate of drug-likeness (QED) is 0.325. The molecule has 2 N–H and O–H groups in total. The third kappa shape index (κ3) is 8.50. The van der Waals surface area contributed by atoms with E-state index in [1.54, 1.807) is 18.4 Å². The highest BCUT2D eigenvalue weighted by atomic mass is 127. The lowest BCUT2D eigenvalue weighted by Gasteiger charge is -2.27. The molecular formula is C19H34IN5O2S. The zero-order valence-corrected chi connectivity index (χ0v) is 20.9. The van der Waals surface area contributed by atoms with Crippen molar-refractivity contribution in [3.05, 3.63) is 15.6 Å². The largest absolute Gasteiger partial charge is 0.444 e. The minimum atomic E-state index is -0.470. The van der Waals surface area contributed by atoms with Gasteiger partial charge in [-0.1, -0.05) is 0 Å². The second-order valence-electron chi connectivity index (χ2n) is 7.83. The highest BCUT2D eigenvalue weighted by molar-refractivity contribution is 14.0. The molecule has 0 radical (unpaired) electrons. The Bertz CT molecular complexity index is 648. The number of rotatable bonds is 7. The maximum absolute atomic E-state index is 12.4. The van der Waals surface area contributed by atoms with Crippen LogP contribution in [0, 0.1) is 13.8 Å². The van der Waals surface area contributed by atoms with Gasteiger partial charge in [-0.05, 0) is 47.5 Å². The number of ether oxygens (including phenoxy) is 1. The van der Waals surface area contributed by atoms with Crippen LogP contribution in [0.4, 0.5) is 4.79 Å². The fourth-order valence-corrected chi connectivity index (χ4v) is 3.51. The molecule has 0 bridgehead atoms. The van der Waals surface area contributed by atoms with Gasteiger partial charge in [-0.2, -0.15) is 0 Å². The number of nitrogens with zero attached hydrogens (tertiary/aromatic N) is 3. The van der Waals surface area contributed by atoms with Crippen LogP contribution in [0.3, 0.4) is 0 Å². The van der Waals surface area contributed by atoms with Crippen LogP contribution in [-0.2, 0) is 11.2 Å². The number of amides is 1. The highest BCUT2D eigenvalue weighted by Crippen LogP contribution is 2.28. The zero-order valence-electron chi connectivity index (χ0n) is 17.8. The van der Waals surface area contributed by atoms with Gasteiger partial charge >= 0.3 is 6.09 Å². The molecule has 1 aromatic rings. The number of halogens is 1. The molecule has 0 spiro atoms. The standard InChI is InChI=1S/C19H33N5O2S.HI/c1-13-14(2)27-16(23-13)9-10-21-17(20-6)22-11-12-24(15-7-8-15)18(25)26-19(3,4)5;/h15H,7-12H2,1-6H3,(H2,20,21,22);1H. The summed E-state index contributed by atoms with van der Waals surface area (Å²) in [7, 11) is 1.75. The Hall–Kier alpha value is -1.10. The normalized spacial score (nSPS) is 14.3. The van der Waals surface area contributed by atoms with Gasteiger partial charge in [0.15, 0.2) is 5.96 Å². The molecule has 1 saturated carbocycles. The number of aliphatic imine (C=N–C) groups is 1. The summed E-state index contributed by atoms with van der Waals surface area (Å²) in [4.78, 5) is 24.3. The van der Waals surface area contributed by atoms with Crippen molar-refractivity contribution in [2.75, 3.05) is 26.7 Å². The Morgan fingerprint density at radius 3 is 2.43 bits per heavy atom. The van der Waals surface area contributed by atoms with E-state index in [-0.39, 0.29) is 30.1 Å². The average molecular weight is 523 g/mol. The molecule has 0 saturated heterocycles. The first-order chi connectivity index (χ1) is 12.7. The average Bonchev–Trinajstić information content (AvgIpc) is 3.34. The first-order valence-corrected chi connectivity index (χ1v) is 10.4. The van der Waals surface area contributed by atoms with Crippen LogP contribution in [0.1, 0.15) is 49.2 Å². The number of aromatic nitrogens is 1. The van der Waals surface area contributed by atoms with Gasteiger partial charge in [-0.3, -0.25) is 4.99 Å². The van der Waals surface area contributed by atoms with Crippen LogP contribution in [0.5, 0.6) is 0 Å². The maximum Gasteiger partial charge on any atom is 0.410 e. The van der Waals surface area contributed by atoms with Crippen molar-refractivity contribution in [3.63, 3.8) is 0 Å². The number of guanidine groups is 1. The molecule has 1 aromatic heterocycles. The van der Waals surface area contributed by atoms with E-state index in [2.05, 4.69) is 27.5 Å². The SMILES string of the molecule is CN=C(NCCc1nc(C)c(C)s1)NCCN(C(=O)OC(C)(C)C)C1CC1.I. The second kappa shape index (κ2) is 11.2. The van der Waals surface area contributed by atoms with Gasteiger partial charge < -0.3 is 20.3 Å². The van der Waals surface area contributed by atoms with Crippen molar-refractivity contribution in [1.82, 2.24) is 20.5 Å². The number of hydrogen-bond donors (Lipinski definition) is 2. The molecule has 9 heteroatoms. The van der Waals surface area contributed by atoms with Crippen molar-refractivity contribution < 1.29 is 9.53 Å². The molecule has 0 unspecified atom stereocenters. The Balaban J connectivity index is 0.00000392. The minimum absolute atomic E-state index is 0. The first-order valence-electron chi connectivity index (χ1n) is 9.56. The molecule has 0 aromatic carbocycles. The number of hydrogen-bond acceptors (Lipinski definition) is 5. The lowest BCUT2D eigenvalue weighted by atomic mass is 10.2. The summed E-state index contributed by atoms with van der Waals surface area (Å²) in [6, 6.07) is 0.313. The second-order valence-corrected chi connectivity index (χ2v) is 9.12. The fraction of sp³-hybridized carbons (Fsp3) is 0.737. The van der Waals surface area contributed by atoms with E-state index in [4.69, 9.17) is 4.74 Å². The highest BCUT2D eigenvalue weighted by Gasteiger charge is 2.34. The summed E-state index contributed by atoms with van der Waals surface area (Å²) < 4.78 is 5.52. The van der Waals surface area contributed by atoms with Crippen LogP contribution >= 0.6 is 35.3 Å². The topological polar surface area (TPSA) is 78.9 Å². The molecule has 7 nitrogen and oxygen atoms in total. The number of nitrogens with one attached hydrogen (secondary N) is 2. The molecule has 1 aliphatic carbocycles. The van der Waals surface area contributed by atoms with E-state index in [0.29, 0.717) is 19.1 Å². The van der Waals surface area contributed by atoms with E-state index in [1.165, 1.54) is 4.88 Å². The lowest BCUT2D eigenvalue weighted by molar-refractivity contribution is 0.0238. The van der Waals surface area contributed by atoms with Crippen molar-refractivity contribution in [3.8, 4) is 0 Å². The summed E-state index contributed by atoms with van der Waals surface area (Å²) in [6.07, 6.45) is 2.74. The monoisotopic (exact) mass is 523 g/mol. The predicted molar refractivity (Wildman–Crippen MR) is 126 cm³/mol. The summed E-state index contributed by atoms with van der Waals surface area (Å²) in [5.41, 5.74) is 0.640. The third-order valence-electron chi connectivity index (χ3n) is 4.19. The Labute approximate surface area is 189 Å². The van der Waals surface area contributed by atoms with Crippen molar-refractivity contribution in [2.45, 2.75) is 65.5 Å². The van der Waals surface area contributed by atoms with Gasteiger partial charge in [0.25, 0.3) is 0 Å². The van der Waals surface area contributed by atoms with Crippen molar-refractivity contribution in [2.24, 2.45) is 4.99 Å². The van der Waals surface area contributed by atoms with Crippen LogP contribution in [0.25, 0.3) is 0 Å². The number of aryl methyl sites for hydroxylation is 2. The maximum atomic E-state index is 12.4. The van der Waals surface area contributed by atoms with Crippen LogP contribution < -0.4 is 10.6 Å². The molecule has 1 amide bonds. The van der Waals surface area contributed by atoms with E-state index in [9.17, 15) is 4.79 Å². The van der Waals surface area contributed by atoms with E-state index in [1.807, 2.05) is 32.6 Å². The van der Waals surface area contributed by atoms with Gasteiger partial charge in [-0.25, -0.2) is 9.78 Å². The van der Waals surface area contributed by atoms with Gasteiger partial charge in [0.1, 0.15) is 5.60 Å². The molecule has 1 aliphatic rings. The number of carbonyl (C=O) groups is 1. The van der Waals surface area contributed by atoms with E-state index < -0.39 is 5.60 Å². The summed E-state index contributed by atoms with van der Waals surface area (Å²) >= 11 is 1.74. The lowest BCUT2D eigenvalue weighted by Crippen LogP contribution is -2.45. The molecule has 0 atom stereocenters. The molecule has 0 aliphatic heterocycles. The van der Waals surface area contributed by atoms with Gasteiger partial charge in [0.05, 0.1) is 10.7 Å². The molecule has 160 valence electrons. The smallest absolute Gasteiger partial charge is 0.410 e. The van der Waals surface area contributed by atoms with Gasteiger partial charge in [-0.15, -0.1) is 35.3 Å². The minimum Gasteiger partial charge on any atom is -0.444 e. The molecular weight excluding hydrogens is 489 g/mol. The Morgan fingerprint density at radius 1 is 1.29 bits per heavy atom. The van der Waals surface area contributed by atoms with E-state index >= 15 is 0 Å². The van der Waals surface area contributed by atoms with Crippen molar-refractivity contribution in [1.29, 1.82) is 0 Å². The number of thiazole rings is 1. The Morgan fingerprint density at radius 2 is 1.93 bits per heavy atom. The molecule has 1 heterocycles. The fourth-order valence-electron chi connectivity index (χ4n) is 2.58. The van der Waals surface area contributed by atoms with Crippen LogP contribution in [0.15, 0.2) is 4.99 Å². The predicted octanol–water partition coefficient (Wildman–Crippen LogP) is 3.48. The molecule has 28 heavy (non-hydrogen) atoms. The van der Waals surface area contributed by atoms with Crippen LogP contribution in [-0.4, -0.2) is 60.3 Å². The first kappa shape index (κ1) is 24.9. The summed E-state index contributed by atoms with van der Waals surface area (Å²) in [5, 5.41) is 7.72. The zero-order chi connectivity index (χ0) is 20.0. The van der Waals surface area contributed by atoms with Crippen LogP contribution in [0.2, 0.25) is 0 Å². The molecule has 1 fully saturated rings. The third-order valence-corrected chi connectivity index (χ3v) is 5.32. The summed E-state index contributed by atoms with van der Waals surface area (Å²) in [6.45, 7) is 11.8.